The van der Waals surface area contributed by atoms with Crippen molar-refractivity contribution in [2.24, 2.45) is 0 Å². The second-order valence-electron chi connectivity index (χ2n) is 6.17. The number of sulfonamides is 1. The van der Waals surface area contributed by atoms with Crippen molar-refractivity contribution in [1.82, 2.24) is 4.72 Å². The number of anilines is 1. The highest BCUT2D eigenvalue weighted by atomic mass is 35.5. The van der Waals surface area contributed by atoms with E-state index >= 15 is 0 Å². The number of carbonyl (C=O) groups is 1. The Morgan fingerprint density at radius 2 is 1.72 bits per heavy atom. The van der Waals surface area contributed by atoms with Crippen molar-refractivity contribution in [3.8, 4) is 0 Å². The molecule has 0 heterocycles. The predicted molar refractivity (Wildman–Crippen MR) is 101 cm³/mol. The lowest BCUT2D eigenvalue weighted by molar-refractivity contribution is 0.102. The lowest BCUT2D eigenvalue weighted by atomic mass is 10.1. The van der Waals surface area contributed by atoms with E-state index < -0.39 is 15.9 Å². The molecule has 0 aliphatic rings. The van der Waals surface area contributed by atoms with E-state index in [-0.39, 0.29) is 21.5 Å². The largest absolute Gasteiger partial charge is 0.322 e. The van der Waals surface area contributed by atoms with E-state index in [1.165, 1.54) is 18.2 Å². The summed E-state index contributed by atoms with van der Waals surface area (Å²) < 4.78 is 27.0. The molecule has 5 nitrogen and oxygen atoms in total. The molecule has 1 amide bonds. The van der Waals surface area contributed by atoms with Crippen LogP contribution in [0.2, 0.25) is 5.02 Å². The molecule has 2 rings (SSSR count). The molecule has 7 heteroatoms. The average Bonchev–Trinajstić information content (AvgIpc) is 2.49. The van der Waals surface area contributed by atoms with Gasteiger partial charge in [-0.2, -0.15) is 0 Å². The van der Waals surface area contributed by atoms with Gasteiger partial charge in [-0.1, -0.05) is 17.7 Å². The van der Waals surface area contributed by atoms with Crippen molar-refractivity contribution in [3.63, 3.8) is 0 Å². The number of rotatable bonds is 5. The van der Waals surface area contributed by atoms with E-state index in [1.807, 2.05) is 26.0 Å². The van der Waals surface area contributed by atoms with Crippen LogP contribution in [0.5, 0.6) is 0 Å². The van der Waals surface area contributed by atoms with Gasteiger partial charge in [0.2, 0.25) is 10.0 Å². The first-order valence-corrected chi connectivity index (χ1v) is 9.67. The highest BCUT2D eigenvalue weighted by Gasteiger charge is 2.19. The van der Waals surface area contributed by atoms with Crippen LogP contribution < -0.4 is 10.0 Å². The van der Waals surface area contributed by atoms with Gasteiger partial charge in [0.25, 0.3) is 5.91 Å². The van der Waals surface area contributed by atoms with Gasteiger partial charge >= 0.3 is 0 Å². The van der Waals surface area contributed by atoms with Crippen LogP contribution in [0.25, 0.3) is 0 Å². The van der Waals surface area contributed by atoms with E-state index in [0.29, 0.717) is 5.69 Å². The molecule has 0 aliphatic heterocycles. The number of hydrogen-bond donors (Lipinski definition) is 2. The van der Waals surface area contributed by atoms with Crippen LogP contribution in [0.4, 0.5) is 5.69 Å². The minimum absolute atomic E-state index is 0.00385. The smallest absolute Gasteiger partial charge is 0.257 e. The monoisotopic (exact) mass is 380 g/mol. The summed E-state index contributed by atoms with van der Waals surface area (Å²) in [7, 11) is -3.71. The summed E-state index contributed by atoms with van der Waals surface area (Å²) in [6.45, 7) is 7.37. The third-order valence-electron chi connectivity index (χ3n) is 3.65. The van der Waals surface area contributed by atoms with Crippen LogP contribution in [0.3, 0.4) is 0 Å². The van der Waals surface area contributed by atoms with Gasteiger partial charge in [0.05, 0.1) is 15.5 Å². The molecule has 0 atom stereocenters. The predicted octanol–water partition coefficient (Wildman–Crippen LogP) is 3.90. The molecule has 0 spiro atoms. The third-order valence-corrected chi connectivity index (χ3v) is 5.63. The van der Waals surface area contributed by atoms with Crippen LogP contribution >= 0.6 is 11.6 Å². The maximum absolute atomic E-state index is 12.5. The molecule has 0 unspecified atom stereocenters. The fourth-order valence-electron chi connectivity index (χ4n) is 2.24. The average molecular weight is 381 g/mol. The Hall–Kier alpha value is -1.89. The van der Waals surface area contributed by atoms with E-state index in [1.54, 1.807) is 19.9 Å². The van der Waals surface area contributed by atoms with Gasteiger partial charge in [-0.05, 0) is 69.2 Å². The number of halogens is 1. The minimum Gasteiger partial charge on any atom is -0.322 e. The minimum atomic E-state index is -3.71. The molecular formula is C18H21ClN2O3S. The van der Waals surface area contributed by atoms with Crippen LogP contribution in [-0.4, -0.2) is 20.4 Å². The van der Waals surface area contributed by atoms with E-state index in [0.717, 1.165) is 11.1 Å². The van der Waals surface area contributed by atoms with E-state index in [9.17, 15) is 13.2 Å². The van der Waals surface area contributed by atoms with Crippen molar-refractivity contribution in [3.05, 3.63) is 58.1 Å². The molecule has 0 aromatic heterocycles. The Kier molecular flexibility index (Phi) is 5.87. The van der Waals surface area contributed by atoms with Gasteiger partial charge in [0, 0.05) is 11.7 Å². The Labute approximate surface area is 153 Å². The maximum atomic E-state index is 12.5. The van der Waals surface area contributed by atoms with Gasteiger partial charge in [0.15, 0.2) is 0 Å². The summed E-state index contributed by atoms with van der Waals surface area (Å²) >= 11 is 6.09. The van der Waals surface area contributed by atoms with Gasteiger partial charge < -0.3 is 5.32 Å². The van der Waals surface area contributed by atoms with Gasteiger partial charge in [-0.15, -0.1) is 0 Å². The molecular weight excluding hydrogens is 360 g/mol. The zero-order valence-electron chi connectivity index (χ0n) is 14.6. The lowest BCUT2D eigenvalue weighted by Crippen LogP contribution is -2.30. The van der Waals surface area contributed by atoms with Crippen molar-refractivity contribution in [1.29, 1.82) is 0 Å². The van der Waals surface area contributed by atoms with Gasteiger partial charge in [-0.25, -0.2) is 13.1 Å². The highest BCUT2D eigenvalue weighted by molar-refractivity contribution is 7.89. The summed E-state index contributed by atoms with van der Waals surface area (Å²) in [5.41, 5.74) is 2.88. The first-order valence-electron chi connectivity index (χ1n) is 7.80. The molecule has 25 heavy (non-hydrogen) atoms. The summed E-state index contributed by atoms with van der Waals surface area (Å²) in [5.74, 6) is -0.463. The van der Waals surface area contributed by atoms with Gasteiger partial charge in [-0.3, -0.25) is 4.79 Å². The van der Waals surface area contributed by atoms with Crippen LogP contribution in [0, 0.1) is 13.8 Å². The zero-order chi connectivity index (χ0) is 18.8. The molecule has 0 bridgehead atoms. The number of benzene rings is 2. The summed E-state index contributed by atoms with van der Waals surface area (Å²) in [5, 5.41) is 2.93. The van der Waals surface area contributed by atoms with Crippen molar-refractivity contribution in [2.75, 3.05) is 5.32 Å². The first-order chi connectivity index (χ1) is 11.6. The van der Waals surface area contributed by atoms with Gasteiger partial charge in [0.1, 0.15) is 0 Å². The van der Waals surface area contributed by atoms with Crippen LogP contribution in [-0.2, 0) is 10.0 Å². The molecule has 0 saturated carbocycles. The standard InChI is InChI=1S/C18H21ClN2O3S/c1-11(2)21-25(23,24)15-7-8-17(19)16(10-15)18(22)20-14-6-5-12(3)13(4)9-14/h5-11,21H,1-4H3,(H,20,22). The first kappa shape index (κ1) is 19.4. The second kappa shape index (κ2) is 7.56. The normalized spacial score (nSPS) is 11.6. The Morgan fingerprint density at radius 1 is 1.04 bits per heavy atom. The molecule has 0 fully saturated rings. The van der Waals surface area contributed by atoms with E-state index in [4.69, 9.17) is 11.6 Å². The highest BCUT2D eigenvalue weighted by Crippen LogP contribution is 2.23. The van der Waals surface area contributed by atoms with Crippen molar-refractivity contribution >= 4 is 33.2 Å². The third kappa shape index (κ3) is 4.81. The summed E-state index contributed by atoms with van der Waals surface area (Å²) in [6, 6.07) is 9.35. The van der Waals surface area contributed by atoms with Crippen molar-refractivity contribution < 1.29 is 13.2 Å². The fourth-order valence-corrected chi connectivity index (χ4v) is 3.72. The topological polar surface area (TPSA) is 75.3 Å². The molecule has 0 radical (unpaired) electrons. The molecule has 134 valence electrons. The van der Waals surface area contributed by atoms with E-state index in [2.05, 4.69) is 10.0 Å². The number of amides is 1. The summed E-state index contributed by atoms with van der Waals surface area (Å²) in [4.78, 5) is 12.5. The molecule has 2 N–H and O–H groups in total. The number of aryl methyl sites for hydroxylation is 2. The Bertz CT molecular complexity index is 909. The lowest BCUT2D eigenvalue weighted by Gasteiger charge is -2.12. The number of hydrogen-bond acceptors (Lipinski definition) is 3. The molecule has 2 aromatic rings. The number of nitrogens with one attached hydrogen (secondary N) is 2. The molecule has 0 aliphatic carbocycles. The van der Waals surface area contributed by atoms with Crippen LogP contribution in [0.1, 0.15) is 35.3 Å². The second-order valence-corrected chi connectivity index (χ2v) is 8.29. The SMILES string of the molecule is Cc1ccc(NC(=O)c2cc(S(=O)(=O)NC(C)C)ccc2Cl)cc1C. The Morgan fingerprint density at radius 3 is 2.32 bits per heavy atom. The van der Waals surface area contributed by atoms with Crippen molar-refractivity contribution in [2.45, 2.75) is 38.6 Å². The fraction of sp³-hybridized carbons (Fsp3) is 0.278. The quantitative estimate of drug-likeness (QED) is 0.826. The molecule has 2 aromatic carbocycles. The summed E-state index contributed by atoms with van der Waals surface area (Å²) in [6.07, 6.45) is 0. The maximum Gasteiger partial charge on any atom is 0.257 e. The molecule has 0 saturated heterocycles. The van der Waals surface area contributed by atoms with Crippen LogP contribution in [0.15, 0.2) is 41.3 Å². The Balaban J connectivity index is 2.33. The number of carbonyl (C=O) groups excluding carboxylic acids is 1. The zero-order valence-corrected chi connectivity index (χ0v) is 16.1.